The van der Waals surface area contributed by atoms with Gasteiger partial charge < -0.3 is 94.0 Å². The topological polar surface area (TPSA) is 506 Å². The van der Waals surface area contributed by atoms with Crippen molar-refractivity contribution in [1.29, 1.82) is 0 Å². The van der Waals surface area contributed by atoms with Crippen molar-refractivity contribution >= 4 is 113 Å². The monoisotopic (exact) mass is 1540 g/mol. The van der Waals surface area contributed by atoms with Crippen molar-refractivity contribution in [2.24, 2.45) is 17.4 Å². The fourth-order valence-electron chi connectivity index (χ4n) is 12.9. The van der Waals surface area contributed by atoms with Crippen LogP contribution >= 0.6 is 25.3 Å². The number of nitrogens with one attached hydrogen (secondary N) is 9. The molecule has 33 heteroatoms. The number of benzene rings is 5. The number of hydrogen-bond acceptors (Lipinski definition) is 23. The van der Waals surface area contributed by atoms with E-state index in [4.69, 9.17) is 20.9 Å². The van der Waals surface area contributed by atoms with Gasteiger partial charge in [0, 0.05) is 83.8 Å². The number of phenolic OH excluding ortho intramolecular Hbond substituents is 3. The van der Waals surface area contributed by atoms with Crippen molar-refractivity contribution in [3.63, 3.8) is 0 Å². The number of aliphatic hydroxyl groups is 2. The van der Waals surface area contributed by atoms with Gasteiger partial charge >= 0.3 is 5.97 Å². The lowest BCUT2D eigenvalue weighted by atomic mass is 9.73. The zero-order valence-corrected chi connectivity index (χ0v) is 62.1. The summed E-state index contributed by atoms with van der Waals surface area (Å²) in [6.45, 7) is 3.71. The molecule has 5 aromatic carbocycles. The Balaban J connectivity index is 0.936. The van der Waals surface area contributed by atoms with Crippen molar-refractivity contribution in [3.8, 4) is 23.0 Å². The number of aliphatic hydroxyl groups excluding tert-OH is 1. The van der Waals surface area contributed by atoms with Crippen LogP contribution in [0.2, 0.25) is 0 Å². The Hall–Kier alpha value is -10.9. The van der Waals surface area contributed by atoms with E-state index in [9.17, 15) is 83.1 Å². The molecule has 6 aromatic rings. The van der Waals surface area contributed by atoms with E-state index in [1.54, 1.807) is 74.6 Å². The molecule has 0 spiro atoms. The van der Waals surface area contributed by atoms with Crippen molar-refractivity contribution in [3.05, 3.63) is 153 Å². The lowest BCUT2D eigenvalue weighted by molar-refractivity contribution is -0.155. The SMILES string of the molecule is COc1cccc2c1C(=O)c1c(O)c3c(c(O)c1C2=O)CCC(O)(C(=O)COC(=O)CCCC(=O)N[C@H](Cc1ccccc1)C(=O)N[C@@H](CS)C(=O)N[C@@H](Cc1ccc(O)cc1)C(=O)N[C@H](Cc1c[nH]c2ccccc12)C(=O)N[C@@H](CCCCN)C(=O)N[C@H](C(=O)N[C@@H](CS)C(=O)N[C@H](C(N)=O)[C@@H](C)O)C(C)C)C3. The first kappa shape index (κ1) is 83.8. The predicted octanol–water partition coefficient (Wildman–Crippen LogP) is 0.688. The van der Waals surface area contributed by atoms with Gasteiger partial charge in [0.05, 0.1) is 29.9 Å². The number of ketones is 3. The first-order valence-corrected chi connectivity index (χ1v) is 36.6. The Bertz CT molecular complexity index is 4400. The highest BCUT2D eigenvalue weighted by Gasteiger charge is 2.46. The number of aromatic nitrogens is 1. The van der Waals surface area contributed by atoms with Crippen LogP contribution in [-0.2, 0) is 89.6 Å². The Labute approximate surface area is 637 Å². The normalized spacial score (nSPS) is 16.1. The number of ether oxygens (including phenoxy) is 2. The van der Waals surface area contributed by atoms with Crippen LogP contribution in [0.4, 0.5) is 0 Å². The van der Waals surface area contributed by atoms with Gasteiger partial charge in [-0.1, -0.05) is 86.6 Å². The van der Waals surface area contributed by atoms with Crippen molar-refractivity contribution in [2.45, 2.75) is 158 Å². The molecule has 0 bridgehead atoms. The summed E-state index contributed by atoms with van der Waals surface area (Å²) in [5.41, 5.74) is 9.88. The zero-order valence-electron chi connectivity index (χ0n) is 60.3. The number of fused-ring (bicyclic) bond motifs is 4. The number of aromatic amines is 1. The van der Waals surface area contributed by atoms with Gasteiger partial charge in [-0.05, 0) is 98.9 Å². The average molecular weight is 1540 g/mol. The van der Waals surface area contributed by atoms with E-state index >= 15 is 4.79 Å². The molecule has 1 heterocycles. The molecule has 0 saturated carbocycles. The molecule has 582 valence electrons. The number of rotatable bonds is 38. The highest BCUT2D eigenvalue weighted by molar-refractivity contribution is 7.80. The highest BCUT2D eigenvalue weighted by atomic mass is 32.1. The highest BCUT2D eigenvalue weighted by Crippen LogP contribution is 2.48. The number of H-pyrrole nitrogens is 1. The van der Waals surface area contributed by atoms with Crippen LogP contribution in [0.25, 0.3) is 10.9 Å². The molecule has 0 saturated heterocycles. The van der Waals surface area contributed by atoms with Crippen LogP contribution in [0.15, 0.2) is 103 Å². The number of Topliss-reactive ketones (excluding diaryl/α,β-unsaturated/α-hetero) is 1. The molecule has 31 nitrogen and oxygen atoms in total. The summed E-state index contributed by atoms with van der Waals surface area (Å²) >= 11 is 8.59. The number of methoxy groups -OCH3 is 1. The minimum Gasteiger partial charge on any atom is -0.508 e. The first-order valence-electron chi connectivity index (χ1n) is 35.4. The molecule has 0 fully saturated rings. The Morgan fingerprint density at radius 3 is 1.73 bits per heavy atom. The number of amides is 9. The summed E-state index contributed by atoms with van der Waals surface area (Å²) in [6, 6.07) is 14.0. The third kappa shape index (κ3) is 21.1. The Kier molecular flexibility index (Phi) is 29.4. The number of carbonyl (C=O) groups is 13. The van der Waals surface area contributed by atoms with Gasteiger partial charge in [-0.25, -0.2) is 0 Å². The van der Waals surface area contributed by atoms with Crippen LogP contribution in [0.1, 0.15) is 125 Å². The molecule has 18 N–H and O–H groups in total. The molecule has 2 aliphatic rings. The lowest BCUT2D eigenvalue weighted by Gasteiger charge is -2.34. The molecule has 8 rings (SSSR count). The van der Waals surface area contributed by atoms with E-state index in [2.05, 4.69) is 72.8 Å². The molecule has 0 radical (unpaired) electrons. The number of para-hydroxylation sites is 1. The number of aromatic hydroxyl groups is 3. The van der Waals surface area contributed by atoms with Gasteiger partial charge in [-0.15, -0.1) is 0 Å². The fraction of sp³-hybridized carbons (Fsp3) is 0.408. The minimum atomic E-state index is -2.27. The summed E-state index contributed by atoms with van der Waals surface area (Å²) in [6.07, 6.45) is -1.84. The summed E-state index contributed by atoms with van der Waals surface area (Å²) in [5.74, 6) is -14.2. The predicted molar refractivity (Wildman–Crippen MR) is 402 cm³/mol. The number of carbonyl (C=O) groups excluding carboxylic acids is 13. The maximum absolute atomic E-state index is 15.0. The summed E-state index contributed by atoms with van der Waals surface area (Å²) in [7, 11) is 1.29. The van der Waals surface area contributed by atoms with Gasteiger partial charge in [0.1, 0.15) is 76.9 Å². The third-order valence-electron chi connectivity index (χ3n) is 19.0. The quantitative estimate of drug-likeness (QED) is 0.0110. The van der Waals surface area contributed by atoms with E-state index in [1.807, 2.05) is 0 Å². The number of esters is 1. The number of nitrogens with two attached hydrogens (primary N) is 2. The second-order valence-corrected chi connectivity index (χ2v) is 27.9. The molecule has 1 unspecified atom stereocenters. The molecule has 109 heavy (non-hydrogen) atoms. The zero-order chi connectivity index (χ0) is 79.6. The lowest BCUT2D eigenvalue weighted by Crippen LogP contribution is -2.62. The number of primary amides is 1. The number of phenols is 3. The van der Waals surface area contributed by atoms with E-state index in [0.29, 0.717) is 40.4 Å². The molecule has 2 aliphatic carbocycles. The van der Waals surface area contributed by atoms with Gasteiger partial charge in [-0.2, -0.15) is 25.3 Å². The van der Waals surface area contributed by atoms with E-state index in [1.165, 1.54) is 56.5 Å². The van der Waals surface area contributed by atoms with Crippen LogP contribution < -0.4 is 58.7 Å². The third-order valence-corrected chi connectivity index (χ3v) is 19.7. The number of hydrogen-bond donors (Lipinski definition) is 18. The Morgan fingerprint density at radius 2 is 1.12 bits per heavy atom. The summed E-state index contributed by atoms with van der Waals surface area (Å²) < 4.78 is 10.5. The second-order valence-electron chi connectivity index (χ2n) is 27.2. The number of unbranched alkanes of at least 4 members (excludes halogenated alkanes) is 1. The van der Waals surface area contributed by atoms with Crippen LogP contribution in [0.5, 0.6) is 23.0 Å². The Morgan fingerprint density at radius 1 is 0.578 bits per heavy atom. The van der Waals surface area contributed by atoms with E-state index < -0.39 is 185 Å². The van der Waals surface area contributed by atoms with Crippen molar-refractivity contribution in [2.75, 3.05) is 31.8 Å². The van der Waals surface area contributed by atoms with Crippen LogP contribution in [0.3, 0.4) is 0 Å². The van der Waals surface area contributed by atoms with Gasteiger partial charge in [0.25, 0.3) is 0 Å². The summed E-state index contributed by atoms with van der Waals surface area (Å²) in [4.78, 5) is 184. The molecular weight excluding hydrogens is 1450 g/mol. The van der Waals surface area contributed by atoms with Crippen molar-refractivity contribution < 1.29 is 97.3 Å². The molecule has 10 atom stereocenters. The van der Waals surface area contributed by atoms with E-state index in [-0.39, 0.29) is 103 Å². The summed E-state index contributed by atoms with van der Waals surface area (Å²) in [5, 5.41) is 76.4. The van der Waals surface area contributed by atoms with Crippen LogP contribution in [-0.4, -0.2) is 199 Å². The minimum absolute atomic E-state index is 0.0246. The standard InChI is InChI=1S/C76H91N11O20S2/c1-38(2)62(75(104)85-54(37-109)74(103)87-63(39(3)88)68(78)97)86-69(98)49(19-10-11-29-77)81-72(101)52(32-42-34-79-48-18-9-8-16-44(42)48)83-71(100)51(31-41-23-25-43(89)26-24-41)82-73(102)53(36-108)84-70(99)50(30-40-14-6-5-7-15-40)80-57(91)21-13-22-58(92)107-35-56(90)76(105)28-27-45-47(33-76)66(95)61-60(64(45)93)65(94)46-17-12-20-55(106-4)59(46)67(61)96/h5-9,12,14-18,20,23-26,34,38-39,49-54,62-63,79,88-89,93,95,105,108-109H,10-11,13,19,21-22,27-33,35-37,77H2,1-4H3,(H2,78,97)(H,80,91)(H,81,101)(H,82,102)(H,83,100)(H,84,99)(H,85,104)(H,86,98)(H,87,103)/t39-,49+,50-,51+,52-,53+,54+,62+,63+,76?/m1/s1. The van der Waals surface area contributed by atoms with Gasteiger partial charge in [-0.3, -0.25) is 62.3 Å². The van der Waals surface area contributed by atoms with Gasteiger partial charge in [0.15, 0.2) is 12.4 Å². The maximum Gasteiger partial charge on any atom is 0.306 e. The molecule has 9 amide bonds. The maximum atomic E-state index is 15.0. The molecule has 1 aromatic heterocycles. The first-order chi connectivity index (χ1) is 51.9. The fourth-order valence-corrected chi connectivity index (χ4v) is 13.4. The largest absolute Gasteiger partial charge is 0.508 e. The number of thiol groups is 2. The van der Waals surface area contributed by atoms with Crippen LogP contribution in [0, 0.1) is 5.92 Å². The van der Waals surface area contributed by atoms with E-state index in [0.717, 1.165) is 0 Å². The average Bonchev–Trinajstić information content (AvgIpc) is 1.08. The van der Waals surface area contributed by atoms with Crippen molar-refractivity contribution in [1.82, 2.24) is 47.5 Å². The molecular formula is C76H91N11O20S2. The smallest absolute Gasteiger partial charge is 0.306 e. The van der Waals surface area contributed by atoms with Gasteiger partial charge in [0.2, 0.25) is 64.7 Å². The second kappa shape index (κ2) is 38.3. The molecule has 0 aliphatic heterocycles.